The molecule has 140 valence electrons. The molecule has 0 aromatic heterocycles. The molecule has 1 saturated carbocycles. The van der Waals surface area contributed by atoms with Gasteiger partial charge in [-0.25, -0.2) is 0 Å². The SMILES string of the molecule is CCCCCCCCNC(=O)[C@H]1CCCCC1C(=O)OC(C)(C)C. The van der Waals surface area contributed by atoms with Crippen LogP contribution >= 0.6 is 0 Å². The smallest absolute Gasteiger partial charge is 0.310 e. The number of rotatable bonds is 9. The highest BCUT2D eigenvalue weighted by atomic mass is 16.6. The molecule has 24 heavy (non-hydrogen) atoms. The van der Waals surface area contributed by atoms with Gasteiger partial charge in [0.25, 0.3) is 0 Å². The first-order valence-electron chi connectivity index (χ1n) is 9.85. The van der Waals surface area contributed by atoms with E-state index in [1.807, 2.05) is 20.8 Å². The van der Waals surface area contributed by atoms with Crippen LogP contribution in [0.4, 0.5) is 0 Å². The Morgan fingerprint density at radius 3 is 2.17 bits per heavy atom. The van der Waals surface area contributed by atoms with E-state index in [4.69, 9.17) is 4.74 Å². The summed E-state index contributed by atoms with van der Waals surface area (Å²) in [5, 5.41) is 3.04. The zero-order chi connectivity index (χ0) is 18.0. The van der Waals surface area contributed by atoms with Crippen LogP contribution in [0.3, 0.4) is 0 Å². The molecule has 4 heteroatoms. The molecule has 0 radical (unpaired) electrons. The van der Waals surface area contributed by atoms with E-state index in [0.29, 0.717) is 0 Å². The van der Waals surface area contributed by atoms with Crippen LogP contribution in [0.15, 0.2) is 0 Å². The lowest BCUT2D eigenvalue weighted by molar-refractivity contribution is -0.165. The van der Waals surface area contributed by atoms with E-state index in [1.54, 1.807) is 0 Å². The Bertz CT molecular complexity index is 387. The minimum atomic E-state index is -0.492. The van der Waals surface area contributed by atoms with E-state index in [-0.39, 0.29) is 23.7 Å². The minimum absolute atomic E-state index is 0.0408. The first kappa shape index (κ1) is 21.0. The van der Waals surface area contributed by atoms with Crippen molar-refractivity contribution >= 4 is 11.9 Å². The first-order valence-corrected chi connectivity index (χ1v) is 9.85. The van der Waals surface area contributed by atoms with Gasteiger partial charge in [0.1, 0.15) is 5.60 Å². The fourth-order valence-electron chi connectivity index (χ4n) is 3.35. The summed E-state index contributed by atoms with van der Waals surface area (Å²) < 4.78 is 5.52. The number of unbranched alkanes of at least 4 members (excludes halogenated alkanes) is 5. The molecule has 0 saturated heterocycles. The first-order chi connectivity index (χ1) is 11.3. The fourth-order valence-corrected chi connectivity index (χ4v) is 3.35. The Hall–Kier alpha value is -1.06. The van der Waals surface area contributed by atoms with E-state index in [2.05, 4.69) is 12.2 Å². The normalized spacial score (nSPS) is 21.3. The van der Waals surface area contributed by atoms with Crippen molar-refractivity contribution in [1.29, 1.82) is 0 Å². The number of amides is 1. The molecule has 2 atom stereocenters. The van der Waals surface area contributed by atoms with Gasteiger partial charge in [0.2, 0.25) is 5.91 Å². The highest BCUT2D eigenvalue weighted by Crippen LogP contribution is 2.32. The number of hydrogen-bond acceptors (Lipinski definition) is 3. The summed E-state index contributed by atoms with van der Waals surface area (Å²) in [6.45, 7) is 8.57. The third-order valence-electron chi connectivity index (χ3n) is 4.64. The molecule has 1 aliphatic carbocycles. The summed E-state index contributed by atoms with van der Waals surface area (Å²) in [6, 6.07) is 0. The summed E-state index contributed by atoms with van der Waals surface area (Å²) in [6.07, 6.45) is 10.9. The lowest BCUT2D eigenvalue weighted by Gasteiger charge is -2.31. The third kappa shape index (κ3) is 8.16. The van der Waals surface area contributed by atoms with Crippen LogP contribution in [0.1, 0.15) is 91.9 Å². The van der Waals surface area contributed by atoms with Crippen LogP contribution < -0.4 is 5.32 Å². The molecule has 0 aromatic rings. The molecular formula is C20H37NO3. The van der Waals surface area contributed by atoms with Gasteiger partial charge in [-0.05, 0) is 40.0 Å². The quantitative estimate of drug-likeness (QED) is 0.493. The third-order valence-corrected chi connectivity index (χ3v) is 4.64. The zero-order valence-electron chi connectivity index (χ0n) is 16.2. The maximum Gasteiger partial charge on any atom is 0.310 e. The van der Waals surface area contributed by atoms with Gasteiger partial charge in [0, 0.05) is 6.54 Å². The van der Waals surface area contributed by atoms with Crippen molar-refractivity contribution in [2.24, 2.45) is 11.8 Å². The maximum atomic E-state index is 12.5. The second-order valence-corrected chi connectivity index (χ2v) is 8.09. The number of carbonyl (C=O) groups excluding carboxylic acids is 2. The molecule has 1 fully saturated rings. The van der Waals surface area contributed by atoms with Crippen molar-refractivity contribution in [2.75, 3.05) is 6.54 Å². The van der Waals surface area contributed by atoms with Crippen LogP contribution in [-0.4, -0.2) is 24.0 Å². The van der Waals surface area contributed by atoms with Crippen LogP contribution in [0, 0.1) is 11.8 Å². The number of esters is 1. The Labute approximate surface area is 148 Å². The van der Waals surface area contributed by atoms with E-state index < -0.39 is 5.60 Å². The van der Waals surface area contributed by atoms with Gasteiger partial charge in [-0.15, -0.1) is 0 Å². The monoisotopic (exact) mass is 339 g/mol. The summed E-state index contributed by atoms with van der Waals surface area (Å²) in [4.78, 5) is 24.9. The number of nitrogens with one attached hydrogen (secondary N) is 1. The van der Waals surface area contributed by atoms with E-state index in [1.165, 1.54) is 32.1 Å². The number of ether oxygens (including phenoxy) is 1. The minimum Gasteiger partial charge on any atom is -0.460 e. The highest BCUT2D eigenvalue weighted by molar-refractivity contribution is 5.85. The van der Waals surface area contributed by atoms with Crippen molar-refractivity contribution in [3.8, 4) is 0 Å². The average Bonchev–Trinajstić information content (AvgIpc) is 2.52. The van der Waals surface area contributed by atoms with E-state index >= 15 is 0 Å². The Morgan fingerprint density at radius 2 is 1.54 bits per heavy atom. The van der Waals surface area contributed by atoms with Gasteiger partial charge < -0.3 is 10.1 Å². The molecule has 4 nitrogen and oxygen atoms in total. The van der Waals surface area contributed by atoms with E-state index in [9.17, 15) is 9.59 Å². The van der Waals surface area contributed by atoms with Gasteiger partial charge in [0.05, 0.1) is 11.8 Å². The number of hydrogen-bond donors (Lipinski definition) is 1. The van der Waals surface area contributed by atoms with Gasteiger partial charge in [0.15, 0.2) is 0 Å². The lowest BCUT2D eigenvalue weighted by atomic mass is 9.78. The molecular weight excluding hydrogens is 302 g/mol. The Balaban J connectivity index is 2.38. The zero-order valence-corrected chi connectivity index (χ0v) is 16.2. The second kappa shape index (κ2) is 10.7. The largest absolute Gasteiger partial charge is 0.460 e. The van der Waals surface area contributed by atoms with Crippen molar-refractivity contribution < 1.29 is 14.3 Å². The molecule has 0 spiro atoms. The second-order valence-electron chi connectivity index (χ2n) is 8.09. The molecule has 1 amide bonds. The molecule has 0 heterocycles. The van der Waals surface area contributed by atoms with Crippen molar-refractivity contribution in [2.45, 2.75) is 97.5 Å². The van der Waals surface area contributed by atoms with Crippen molar-refractivity contribution in [3.63, 3.8) is 0 Å². The van der Waals surface area contributed by atoms with Gasteiger partial charge >= 0.3 is 5.97 Å². The van der Waals surface area contributed by atoms with Crippen LogP contribution in [0.5, 0.6) is 0 Å². The Kier molecular flexibility index (Phi) is 9.38. The van der Waals surface area contributed by atoms with Crippen molar-refractivity contribution in [3.05, 3.63) is 0 Å². The predicted octanol–water partition coefficient (Wildman–Crippen LogP) is 4.61. The summed E-state index contributed by atoms with van der Waals surface area (Å²) in [5.74, 6) is -0.655. The molecule has 1 rings (SSSR count). The molecule has 0 aliphatic heterocycles. The van der Waals surface area contributed by atoms with E-state index in [0.717, 1.165) is 38.6 Å². The highest BCUT2D eigenvalue weighted by Gasteiger charge is 2.37. The van der Waals surface area contributed by atoms with Gasteiger partial charge in [-0.3, -0.25) is 9.59 Å². The predicted molar refractivity (Wildman–Crippen MR) is 97.7 cm³/mol. The van der Waals surface area contributed by atoms with Crippen LogP contribution in [0.2, 0.25) is 0 Å². The van der Waals surface area contributed by atoms with Crippen LogP contribution in [0.25, 0.3) is 0 Å². The molecule has 1 unspecified atom stereocenters. The van der Waals surface area contributed by atoms with Crippen molar-refractivity contribution in [1.82, 2.24) is 5.32 Å². The lowest BCUT2D eigenvalue weighted by Crippen LogP contribution is -2.42. The molecule has 1 aliphatic rings. The molecule has 0 bridgehead atoms. The molecule has 1 N–H and O–H groups in total. The van der Waals surface area contributed by atoms with Crippen LogP contribution in [-0.2, 0) is 14.3 Å². The summed E-state index contributed by atoms with van der Waals surface area (Å²) in [5.41, 5.74) is -0.492. The summed E-state index contributed by atoms with van der Waals surface area (Å²) >= 11 is 0. The Morgan fingerprint density at radius 1 is 0.958 bits per heavy atom. The average molecular weight is 340 g/mol. The standard InChI is InChI=1S/C20H37NO3/c1-5-6-7-8-9-12-15-21-18(22)16-13-10-11-14-17(16)19(23)24-20(2,3)4/h16-17H,5-15H2,1-4H3,(H,21,22)/t16-,17?/m0/s1. The molecule has 0 aromatic carbocycles. The van der Waals surface area contributed by atoms with Gasteiger partial charge in [-0.1, -0.05) is 51.9 Å². The fraction of sp³-hybridized carbons (Fsp3) is 0.900. The topological polar surface area (TPSA) is 55.4 Å². The number of carbonyl (C=O) groups is 2. The summed E-state index contributed by atoms with van der Waals surface area (Å²) in [7, 11) is 0. The van der Waals surface area contributed by atoms with Gasteiger partial charge in [-0.2, -0.15) is 0 Å². The maximum absolute atomic E-state index is 12.5.